The first-order valence-electron chi connectivity index (χ1n) is 6.47. The molecule has 0 saturated heterocycles. The molecule has 0 aliphatic heterocycles. The molecule has 0 aliphatic carbocycles. The van der Waals surface area contributed by atoms with E-state index in [2.05, 4.69) is 80.0 Å². The van der Waals surface area contributed by atoms with Crippen molar-refractivity contribution < 1.29 is 0 Å². The van der Waals surface area contributed by atoms with Crippen molar-refractivity contribution in [2.24, 2.45) is 0 Å². The summed E-state index contributed by atoms with van der Waals surface area (Å²) in [6.45, 7) is 0. The molecular weight excluding hydrogens is 415 g/mol. The number of imidazole rings is 1. The van der Waals surface area contributed by atoms with Gasteiger partial charge in [0.25, 0.3) is 0 Å². The molecule has 0 bridgehead atoms. The van der Waals surface area contributed by atoms with E-state index in [1.165, 1.54) is 13.7 Å². The lowest BCUT2D eigenvalue weighted by Crippen LogP contribution is -1.98. The lowest BCUT2D eigenvalue weighted by Gasteiger charge is -2.08. The smallest absolute Gasteiger partial charge is 0.129 e. The molecular formula is C16H10ClIN2S. The number of fused-ring (bicyclic) bond motifs is 2. The highest BCUT2D eigenvalue weighted by molar-refractivity contribution is 14.1. The van der Waals surface area contributed by atoms with Crippen LogP contribution in [0.3, 0.4) is 0 Å². The predicted molar refractivity (Wildman–Crippen MR) is 98.7 cm³/mol. The topological polar surface area (TPSA) is 17.8 Å². The summed E-state index contributed by atoms with van der Waals surface area (Å²) in [5.74, 6) is 1.27. The van der Waals surface area contributed by atoms with E-state index < -0.39 is 0 Å². The fourth-order valence-electron chi connectivity index (χ4n) is 2.57. The Morgan fingerprint density at radius 2 is 2.05 bits per heavy atom. The fraction of sp³-hybridized carbons (Fsp3) is 0.0625. The lowest BCUT2D eigenvalue weighted by molar-refractivity contribution is 0.984. The van der Waals surface area contributed by atoms with Gasteiger partial charge in [-0.25, -0.2) is 4.98 Å². The van der Waals surface area contributed by atoms with Gasteiger partial charge in [-0.3, -0.25) is 4.57 Å². The van der Waals surface area contributed by atoms with Crippen LogP contribution < -0.4 is 0 Å². The van der Waals surface area contributed by atoms with E-state index >= 15 is 0 Å². The van der Waals surface area contributed by atoms with E-state index in [0.717, 1.165) is 22.5 Å². The van der Waals surface area contributed by atoms with Crippen molar-refractivity contribution in [3.63, 3.8) is 0 Å². The molecule has 0 aliphatic rings. The molecule has 0 amide bonds. The first-order chi connectivity index (χ1) is 10.3. The molecule has 104 valence electrons. The Labute approximate surface area is 144 Å². The number of rotatable bonds is 2. The minimum Gasteiger partial charge on any atom is -0.295 e. The lowest BCUT2D eigenvalue weighted by atomic mass is 10.2. The van der Waals surface area contributed by atoms with Crippen LogP contribution in [0.2, 0.25) is 0 Å². The number of benzene rings is 2. The van der Waals surface area contributed by atoms with Crippen molar-refractivity contribution in [1.82, 2.24) is 9.55 Å². The molecule has 4 rings (SSSR count). The highest BCUT2D eigenvalue weighted by Gasteiger charge is 2.12. The Hall–Kier alpha value is -1.11. The van der Waals surface area contributed by atoms with Gasteiger partial charge in [0.05, 0.1) is 16.9 Å². The Morgan fingerprint density at radius 1 is 1.14 bits per heavy atom. The molecule has 0 radical (unpaired) electrons. The average Bonchev–Trinajstić information content (AvgIpc) is 3.09. The van der Waals surface area contributed by atoms with Gasteiger partial charge in [-0.1, -0.05) is 0 Å². The molecule has 0 unspecified atom stereocenters. The zero-order chi connectivity index (χ0) is 14.4. The molecule has 0 fully saturated rings. The number of hydrogen-bond donors (Lipinski definition) is 0. The Bertz CT molecular complexity index is 957. The zero-order valence-corrected chi connectivity index (χ0v) is 14.6. The minimum atomic E-state index is 0.396. The molecule has 0 spiro atoms. The number of nitrogens with zero attached hydrogens (tertiary/aromatic N) is 2. The Morgan fingerprint density at radius 3 is 2.90 bits per heavy atom. The molecule has 4 aromatic rings. The fourth-order valence-corrected chi connectivity index (χ4v) is 4.00. The van der Waals surface area contributed by atoms with Gasteiger partial charge in [0.1, 0.15) is 5.82 Å². The van der Waals surface area contributed by atoms with E-state index in [-0.39, 0.29) is 0 Å². The maximum Gasteiger partial charge on any atom is 0.129 e. The van der Waals surface area contributed by atoms with Crippen LogP contribution in [-0.4, -0.2) is 9.55 Å². The van der Waals surface area contributed by atoms with Crippen LogP contribution in [-0.2, 0) is 5.88 Å². The van der Waals surface area contributed by atoms with Crippen LogP contribution in [0.1, 0.15) is 5.82 Å². The van der Waals surface area contributed by atoms with Gasteiger partial charge < -0.3 is 0 Å². The molecule has 2 aromatic carbocycles. The number of halogens is 2. The van der Waals surface area contributed by atoms with Gasteiger partial charge in [0, 0.05) is 14.0 Å². The maximum atomic E-state index is 6.11. The van der Waals surface area contributed by atoms with Crippen molar-refractivity contribution in [1.29, 1.82) is 0 Å². The highest BCUT2D eigenvalue weighted by atomic mass is 127. The Balaban J connectivity index is 2.03. The molecule has 0 N–H and O–H groups in total. The number of hydrogen-bond acceptors (Lipinski definition) is 2. The third kappa shape index (κ3) is 2.25. The second-order valence-electron chi connectivity index (χ2n) is 4.77. The largest absolute Gasteiger partial charge is 0.295 e. The van der Waals surface area contributed by atoms with E-state index in [1.54, 1.807) is 11.3 Å². The first-order valence-corrected chi connectivity index (χ1v) is 8.96. The number of aromatic nitrogens is 2. The summed E-state index contributed by atoms with van der Waals surface area (Å²) in [5, 5.41) is 3.37. The Kier molecular flexibility index (Phi) is 3.40. The van der Waals surface area contributed by atoms with E-state index in [1.807, 2.05) is 0 Å². The molecule has 2 nitrogen and oxygen atoms in total. The third-order valence-electron chi connectivity index (χ3n) is 3.50. The molecule has 21 heavy (non-hydrogen) atoms. The van der Waals surface area contributed by atoms with E-state index in [4.69, 9.17) is 11.6 Å². The van der Waals surface area contributed by atoms with Crippen molar-refractivity contribution >= 4 is 66.6 Å². The maximum absolute atomic E-state index is 6.11. The van der Waals surface area contributed by atoms with E-state index in [9.17, 15) is 0 Å². The van der Waals surface area contributed by atoms with Crippen molar-refractivity contribution in [2.45, 2.75) is 5.88 Å². The quantitative estimate of drug-likeness (QED) is 0.303. The number of alkyl halides is 1. The normalized spacial score (nSPS) is 11.5. The summed E-state index contributed by atoms with van der Waals surface area (Å²) in [5.41, 5.74) is 3.20. The summed E-state index contributed by atoms with van der Waals surface area (Å²) >= 11 is 10.2. The minimum absolute atomic E-state index is 0.396. The third-order valence-corrected chi connectivity index (χ3v) is 5.31. The van der Waals surface area contributed by atoms with Crippen LogP contribution in [0, 0.1) is 3.57 Å². The second kappa shape index (κ2) is 5.26. The van der Waals surface area contributed by atoms with Crippen LogP contribution in [0.5, 0.6) is 0 Å². The standard InChI is InChI=1S/C16H10ClIN2S/c17-9-16-19-13-8-11(18)1-3-14(13)20(16)12-2-4-15-10(7-12)5-6-21-15/h1-8H,9H2. The molecule has 2 heterocycles. The van der Waals surface area contributed by atoms with Crippen molar-refractivity contribution in [2.75, 3.05) is 0 Å². The molecule has 0 atom stereocenters. The van der Waals surface area contributed by atoms with Gasteiger partial charge in [-0.15, -0.1) is 22.9 Å². The van der Waals surface area contributed by atoms with Gasteiger partial charge in [0.2, 0.25) is 0 Å². The number of thiophene rings is 1. The van der Waals surface area contributed by atoms with Crippen LogP contribution in [0.4, 0.5) is 0 Å². The molecule has 0 saturated carbocycles. The summed E-state index contributed by atoms with van der Waals surface area (Å²) in [6, 6.07) is 14.9. The van der Waals surface area contributed by atoms with Gasteiger partial charge >= 0.3 is 0 Å². The predicted octanol–water partition coefficient (Wildman–Crippen LogP) is 5.58. The summed E-state index contributed by atoms with van der Waals surface area (Å²) < 4.78 is 4.62. The van der Waals surface area contributed by atoms with Crippen LogP contribution in [0.15, 0.2) is 47.8 Å². The first kappa shape index (κ1) is 13.5. The average molecular weight is 425 g/mol. The van der Waals surface area contributed by atoms with Crippen LogP contribution >= 0.6 is 45.5 Å². The SMILES string of the molecule is ClCc1nc2cc(I)ccc2n1-c1ccc2sccc2c1. The van der Waals surface area contributed by atoms with Gasteiger partial charge in [-0.2, -0.15) is 0 Å². The summed E-state index contributed by atoms with van der Waals surface area (Å²) in [6.07, 6.45) is 0. The van der Waals surface area contributed by atoms with Crippen molar-refractivity contribution in [3.05, 3.63) is 57.2 Å². The zero-order valence-electron chi connectivity index (χ0n) is 10.9. The highest BCUT2D eigenvalue weighted by Crippen LogP contribution is 2.28. The summed E-state index contributed by atoms with van der Waals surface area (Å²) in [7, 11) is 0. The van der Waals surface area contributed by atoms with Gasteiger partial charge in [-0.05, 0) is 75.8 Å². The van der Waals surface area contributed by atoms with Crippen molar-refractivity contribution in [3.8, 4) is 5.69 Å². The molecule has 2 aromatic heterocycles. The van der Waals surface area contributed by atoms with Crippen LogP contribution in [0.25, 0.3) is 26.8 Å². The molecule has 5 heteroatoms. The second-order valence-corrected chi connectivity index (χ2v) is 7.23. The van der Waals surface area contributed by atoms with E-state index in [0.29, 0.717) is 5.88 Å². The monoisotopic (exact) mass is 424 g/mol. The van der Waals surface area contributed by atoms with Gasteiger partial charge in [0.15, 0.2) is 0 Å². The summed E-state index contributed by atoms with van der Waals surface area (Å²) in [4.78, 5) is 4.66.